The van der Waals surface area contributed by atoms with Gasteiger partial charge in [0.1, 0.15) is 11.8 Å². The van der Waals surface area contributed by atoms with Gasteiger partial charge in [-0.1, -0.05) is 48.0 Å². The molecule has 1 aromatic heterocycles. The van der Waals surface area contributed by atoms with Gasteiger partial charge in [-0.3, -0.25) is 0 Å². The molecule has 6 heteroatoms. The molecule has 0 bridgehead atoms. The zero-order valence-corrected chi connectivity index (χ0v) is 15.4. The standard InChI is InChI=1S/C20H19ClN2O3/c1-14-18(19(21)23(22-14)16-9-4-3-5-10-16)13-26-20(24)17-11-7-6-8-15(17)12-25-2/h3-11H,12-13H2,1-2H3. The van der Waals surface area contributed by atoms with Gasteiger partial charge in [0.15, 0.2) is 0 Å². The van der Waals surface area contributed by atoms with Crippen molar-refractivity contribution in [2.75, 3.05) is 7.11 Å². The number of aryl methyl sites for hydroxylation is 1. The van der Waals surface area contributed by atoms with Crippen molar-refractivity contribution in [1.29, 1.82) is 0 Å². The minimum atomic E-state index is -0.416. The normalized spacial score (nSPS) is 10.7. The molecule has 0 radical (unpaired) electrons. The third-order valence-electron chi connectivity index (χ3n) is 4.01. The van der Waals surface area contributed by atoms with Crippen LogP contribution in [0.5, 0.6) is 0 Å². The number of hydrogen-bond donors (Lipinski definition) is 0. The van der Waals surface area contributed by atoms with E-state index in [4.69, 9.17) is 21.1 Å². The summed E-state index contributed by atoms with van der Waals surface area (Å²) >= 11 is 6.46. The van der Waals surface area contributed by atoms with E-state index >= 15 is 0 Å². The summed E-state index contributed by atoms with van der Waals surface area (Å²) < 4.78 is 12.2. The second-order valence-electron chi connectivity index (χ2n) is 5.77. The van der Waals surface area contributed by atoms with Gasteiger partial charge in [0.25, 0.3) is 0 Å². The molecule has 0 aliphatic carbocycles. The highest BCUT2D eigenvalue weighted by atomic mass is 35.5. The van der Waals surface area contributed by atoms with E-state index < -0.39 is 5.97 Å². The fraction of sp³-hybridized carbons (Fsp3) is 0.200. The molecule has 0 amide bonds. The maximum absolute atomic E-state index is 12.5. The monoisotopic (exact) mass is 370 g/mol. The van der Waals surface area contributed by atoms with Gasteiger partial charge in [0.05, 0.1) is 23.6 Å². The highest BCUT2D eigenvalue weighted by Gasteiger charge is 2.18. The summed E-state index contributed by atoms with van der Waals surface area (Å²) in [5.41, 5.74) is 3.52. The summed E-state index contributed by atoms with van der Waals surface area (Å²) in [5, 5.41) is 4.89. The Balaban J connectivity index is 1.79. The quantitative estimate of drug-likeness (QED) is 0.606. The number of methoxy groups -OCH3 is 1. The van der Waals surface area contributed by atoms with E-state index in [0.717, 1.165) is 16.9 Å². The molecule has 0 saturated carbocycles. The molecule has 134 valence electrons. The molecular weight excluding hydrogens is 352 g/mol. The van der Waals surface area contributed by atoms with Crippen LogP contribution >= 0.6 is 11.6 Å². The zero-order valence-electron chi connectivity index (χ0n) is 14.6. The first kappa shape index (κ1) is 18.2. The molecule has 5 nitrogen and oxygen atoms in total. The van der Waals surface area contributed by atoms with Crippen LogP contribution in [-0.4, -0.2) is 22.9 Å². The SMILES string of the molecule is COCc1ccccc1C(=O)OCc1c(C)nn(-c2ccccc2)c1Cl. The first-order valence-corrected chi connectivity index (χ1v) is 8.53. The first-order valence-electron chi connectivity index (χ1n) is 8.15. The van der Waals surface area contributed by atoms with E-state index in [1.807, 2.05) is 49.4 Å². The lowest BCUT2D eigenvalue weighted by molar-refractivity contribution is 0.0467. The Labute approximate surface area is 157 Å². The molecule has 1 heterocycles. The van der Waals surface area contributed by atoms with Crippen molar-refractivity contribution in [3.8, 4) is 5.69 Å². The summed E-state index contributed by atoms with van der Waals surface area (Å²) in [6.07, 6.45) is 0. The van der Waals surface area contributed by atoms with Gasteiger partial charge in [0.2, 0.25) is 0 Å². The molecule has 0 aliphatic rings. The summed E-state index contributed by atoms with van der Waals surface area (Å²) in [5.74, 6) is -0.416. The van der Waals surface area contributed by atoms with Gasteiger partial charge < -0.3 is 9.47 Å². The van der Waals surface area contributed by atoms with Crippen LogP contribution in [0, 0.1) is 6.92 Å². The lowest BCUT2D eigenvalue weighted by Crippen LogP contribution is -2.09. The van der Waals surface area contributed by atoms with Gasteiger partial charge in [-0.05, 0) is 30.7 Å². The molecule has 0 N–H and O–H groups in total. The van der Waals surface area contributed by atoms with Crippen LogP contribution in [0.1, 0.15) is 27.2 Å². The Bertz CT molecular complexity index is 907. The van der Waals surface area contributed by atoms with Crippen LogP contribution in [0.25, 0.3) is 5.69 Å². The lowest BCUT2D eigenvalue weighted by Gasteiger charge is -2.09. The molecule has 26 heavy (non-hydrogen) atoms. The number of nitrogens with zero attached hydrogens (tertiary/aromatic N) is 2. The molecule has 0 unspecified atom stereocenters. The molecular formula is C20H19ClN2O3. The van der Waals surface area contributed by atoms with E-state index in [1.54, 1.807) is 23.9 Å². The topological polar surface area (TPSA) is 53.4 Å². The lowest BCUT2D eigenvalue weighted by atomic mass is 10.1. The van der Waals surface area contributed by atoms with Crippen molar-refractivity contribution < 1.29 is 14.3 Å². The van der Waals surface area contributed by atoms with Crippen molar-refractivity contribution in [1.82, 2.24) is 9.78 Å². The van der Waals surface area contributed by atoms with E-state index in [-0.39, 0.29) is 6.61 Å². The van der Waals surface area contributed by atoms with Gasteiger partial charge in [-0.2, -0.15) is 5.10 Å². The Morgan fingerprint density at radius 3 is 2.50 bits per heavy atom. The molecule has 2 aromatic carbocycles. The van der Waals surface area contributed by atoms with Gasteiger partial charge in [-0.25, -0.2) is 9.48 Å². The average molecular weight is 371 g/mol. The third-order valence-corrected chi connectivity index (χ3v) is 4.40. The number of benzene rings is 2. The Hall–Kier alpha value is -2.63. The molecule has 0 saturated heterocycles. The highest BCUT2D eigenvalue weighted by Crippen LogP contribution is 2.24. The van der Waals surface area contributed by atoms with Crippen molar-refractivity contribution in [2.45, 2.75) is 20.1 Å². The van der Waals surface area contributed by atoms with E-state index in [1.165, 1.54) is 0 Å². The summed E-state index contributed by atoms with van der Waals surface area (Å²) in [6.45, 7) is 2.24. The van der Waals surface area contributed by atoms with Gasteiger partial charge >= 0.3 is 5.97 Å². The van der Waals surface area contributed by atoms with Crippen molar-refractivity contribution in [2.24, 2.45) is 0 Å². The number of aromatic nitrogens is 2. The number of rotatable bonds is 6. The Morgan fingerprint density at radius 2 is 1.77 bits per heavy atom. The number of esters is 1. The molecule has 0 aliphatic heterocycles. The van der Waals surface area contributed by atoms with Gasteiger partial charge in [-0.15, -0.1) is 0 Å². The molecule has 0 fully saturated rings. The fourth-order valence-electron chi connectivity index (χ4n) is 2.65. The van der Waals surface area contributed by atoms with Crippen LogP contribution in [0.4, 0.5) is 0 Å². The zero-order chi connectivity index (χ0) is 18.5. The second-order valence-corrected chi connectivity index (χ2v) is 6.13. The van der Waals surface area contributed by atoms with Gasteiger partial charge in [0, 0.05) is 12.7 Å². The maximum atomic E-state index is 12.5. The van der Waals surface area contributed by atoms with E-state index in [9.17, 15) is 4.79 Å². The number of carbonyl (C=O) groups excluding carboxylic acids is 1. The number of ether oxygens (including phenoxy) is 2. The number of hydrogen-bond acceptors (Lipinski definition) is 4. The van der Waals surface area contributed by atoms with Crippen LogP contribution in [0.2, 0.25) is 5.15 Å². The van der Waals surface area contributed by atoms with Crippen LogP contribution in [-0.2, 0) is 22.7 Å². The average Bonchev–Trinajstić information content (AvgIpc) is 2.95. The van der Waals surface area contributed by atoms with E-state index in [0.29, 0.717) is 22.9 Å². The molecule has 3 rings (SSSR count). The minimum absolute atomic E-state index is 0.0532. The number of carbonyl (C=O) groups is 1. The predicted octanol–water partition coefficient (Wildman–Crippen LogP) is 4.34. The first-order chi connectivity index (χ1) is 12.6. The van der Waals surface area contributed by atoms with Crippen LogP contribution < -0.4 is 0 Å². The molecule has 0 spiro atoms. The van der Waals surface area contributed by atoms with Crippen molar-refractivity contribution in [3.05, 3.63) is 82.1 Å². The second kappa shape index (κ2) is 8.17. The largest absolute Gasteiger partial charge is 0.457 e. The summed E-state index contributed by atoms with van der Waals surface area (Å²) in [7, 11) is 1.59. The highest BCUT2D eigenvalue weighted by molar-refractivity contribution is 6.30. The fourth-order valence-corrected chi connectivity index (χ4v) is 2.98. The smallest absolute Gasteiger partial charge is 0.338 e. The van der Waals surface area contributed by atoms with Crippen LogP contribution in [0.15, 0.2) is 54.6 Å². The maximum Gasteiger partial charge on any atom is 0.338 e. The third kappa shape index (κ3) is 3.79. The van der Waals surface area contributed by atoms with Crippen molar-refractivity contribution >= 4 is 17.6 Å². The Morgan fingerprint density at radius 1 is 1.08 bits per heavy atom. The molecule has 3 aromatic rings. The molecule has 0 atom stereocenters. The summed E-state index contributed by atoms with van der Waals surface area (Å²) in [4.78, 5) is 12.5. The van der Waals surface area contributed by atoms with E-state index in [2.05, 4.69) is 5.10 Å². The van der Waals surface area contributed by atoms with Crippen LogP contribution in [0.3, 0.4) is 0 Å². The number of para-hydroxylation sites is 1. The van der Waals surface area contributed by atoms with Crippen molar-refractivity contribution in [3.63, 3.8) is 0 Å². The number of halogens is 1. The predicted molar refractivity (Wildman–Crippen MR) is 99.6 cm³/mol. The minimum Gasteiger partial charge on any atom is -0.457 e. The summed E-state index contributed by atoms with van der Waals surface area (Å²) in [6, 6.07) is 16.8. The Kier molecular flexibility index (Phi) is 5.71.